The number of nitrogens with zero attached hydrogens (tertiary/aromatic N) is 4. The predicted octanol–water partition coefficient (Wildman–Crippen LogP) is 2.46. The fourth-order valence-electron chi connectivity index (χ4n) is 3.81. The molecule has 2 aliphatic heterocycles. The molecule has 1 saturated heterocycles. The van der Waals surface area contributed by atoms with Crippen molar-refractivity contribution in [3.63, 3.8) is 0 Å². The van der Waals surface area contributed by atoms with Crippen molar-refractivity contribution < 1.29 is 9.47 Å². The molecule has 5 heterocycles. The second kappa shape index (κ2) is 6.23. The van der Waals surface area contributed by atoms with Gasteiger partial charge in [0.1, 0.15) is 11.2 Å². The van der Waals surface area contributed by atoms with E-state index in [1.165, 1.54) is 10.4 Å². The molecular weight excluding hydrogens is 350 g/mol. The van der Waals surface area contributed by atoms with Crippen molar-refractivity contribution in [3.05, 3.63) is 22.6 Å². The van der Waals surface area contributed by atoms with Crippen LogP contribution in [0.1, 0.15) is 43.0 Å². The Balaban J connectivity index is 1.46. The van der Waals surface area contributed by atoms with Crippen molar-refractivity contribution in [2.75, 3.05) is 13.2 Å². The summed E-state index contributed by atoms with van der Waals surface area (Å²) in [4.78, 5) is 11.7. The maximum atomic E-state index is 5.96. The average molecular weight is 373 g/mol. The molecule has 138 valence electrons. The van der Waals surface area contributed by atoms with E-state index >= 15 is 0 Å². The lowest BCUT2D eigenvalue weighted by molar-refractivity contribution is -0.0379. The highest BCUT2D eigenvalue weighted by atomic mass is 32.1. The number of fused-ring (bicyclic) bond motifs is 5. The first-order valence-electron chi connectivity index (χ1n) is 9.20. The zero-order valence-corrected chi connectivity index (χ0v) is 15.9. The molecule has 0 bridgehead atoms. The van der Waals surface area contributed by atoms with E-state index in [4.69, 9.17) is 14.5 Å². The summed E-state index contributed by atoms with van der Waals surface area (Å²) in [7, 11) is 0. The number of thiophene rings is 1. The molecule has 26 heavy (non-hydrogen) atoms. The number of hydrogen-bond acceptors (Lipinski definition) is 7. The minimum atomic E-state index is -0.153. The van der Waals surface area contributed by atoms with Crippen LogP contribution < -0.4 is 5.32 Å². The molecular formula is C18H23N5O2S. The zero-order valence-electron chi connectivity index (χ0n) is 15.1. The highest BCUT2D eigenvalue weighted by molar-refractivity contribution is 7.19. The first-order valence-corrected chi connectivity index (χ1v) is 10.0. The van der Waals surface area contributed by atoms with Crippen LogP contribution in [0.25, 0.3) is 15.9 Å². The lowest BCUT2D eigenvalue weighted by Gasteiger charge is -2.30. The van der Waals surface area contributed by atoms with E-state index in [9.17, 15) is 0 Å². The normalized spacial score (nSPS) is 22.3. The molecule has 0 radical (unpaired) electrons. The van der Waals surface area contributed by atoms with Gasteiger partial charge in [0.2, 0.25) is 0 Å². The number of ether oxygens (including phenoxy) is 2. The van der Waals surface area contributed by atoms with Crippen LogP contribution in [-0.4, -0.2) is 44.4 Å². The van der Waals surface area contributed by atoms with Crippen LogP contribution in [0.2, 0.25) is 0 Å². The van der Waals surface area contributed by atoms with E-state index in [-0.39, 0.29) is 5.60 Å². The van der Waals surface area contributed by atoms with E-state index in [0.29, 0.717) is 19.3 Å². The zero-order chi connectivity index (χ0) is 17.7. The van der Waals surface area contributed by atoms with E-state index in [1.54, 1.807) is 22.2 Å². The van der Waals surface area contributed by atoms with Crippen LogP contribution in [-0.2, 0) is 29.0 Å². The van der Waals surface area contributed by atoms with Gasteiger partial charge in [-0.3, -0.25) is 0 Å². The summed E-state index contributed by atoms with van der Waals surface area (Å²) >= 11 is 1.71. The van der Waals surface area contributed by atoms with Crippen molar-refractivity contribution in [3.8, 4) is 0 Å². The predicted molar refractivity (Wildman–Crippen MR) is 99.4 cm³/mol. The van der Waals surface area contributed by atoms with E-state index in [2.05, 4.69) is 29.2 Å². The molecule has 5 rings (SSSR count). The molecule has 0 aliphatic carbocycles. The maximum absolute atomic E-state index is 5.96. The van der Waals surface area contributed by atoms with Gasteiger partial charge in [-0.05, 0) is 32.3 Å². The second-order valence-corrected chi connectivity index (χ2v) is 8.80. The molecule has 1 fully saturated rings. The Hall–Kier alpha value is -1.61. The molecule has 0 saturated carbocycles. The smallest absolute Gasteiger partial charge is 0.168 e. The van der Waals surface area contributed by atoms with Crippen LogP contribution in [0.5, 0.6) is 0 Å². The Morgan fingerprint density at radius 2 is 2.35 bits per heavy atom. The summed E-state index contributed by atoms with van der Waals surface area (Å²) in [6, 6.07) is 0. The van der Waals surface area contributed by atoms with Crippen LogP contribution in [0, 0.1) is 0 Å². The third-order valence-corrected chi connectivity index (χ3v) is 6.24. The van der Waals surface area contributed by atoms with Crippen LogP contribution in [0.15, 0.2) is 6.33 Å². The van der Waals surface area contributed by atoms with Gasteiger partial charge in [-0.25, -0.2) is 14.5 Å². The van der Waals surface area contributed by atoms with Crippen molar-refractivity contribution in [1.29, 1.82) is 0 Å². The van der Waals surface area contributed by atoms with Gasteiger partial charge in [-0.1, -0.05) is 0 Å². The monoisotopic (exact) mass is 373 g/mol. The van der Waals surface area contributed by atoms with Gasteiger partial charge in [-0.15, -0.1) is 16.4 Å². The third-order valence-electron chi connectivity index (χ3n) is 5.13. The quantitative estimate of drug-likeness (QED) is 0.757. The van der Waals surface area contributed by atoms with Crippen molar-refractivity contribution in [1.82, 2.24) is 24.9 Å². The molecule has 1 atom stereocenters. The maximum Gasteiger partial charge on any atom is 0.168 e. The van der Waals surface area contributed by atoms with E-state index in [0.717, 1.165) is 54.1 Å². The molecule has 3 aromatic rings. The molecule has 1 unspecified atom stereocenters. The summed E-state index contributed by atoms with van der Waals surface area (Å²) in [5.74, 6) is 0.795. The van der Waals surface area contributed by atoms with Gasteiger partial charge >= 0.3 is 0 Å². The molecule has 0 spiro atoms. The third kappa shape index (κ3) is 2.90. The van der Waals surface area contributed by atoms with Crippen LogP contribution >= 0.6 is 11.3 Å². The van der Waals surface area contributed by atoms with Crippen molar-refractivity contribution >= 4 is 27.2 Å². The van der Waals surface area contributed by atoms with Gasteiger partial charge in [0.05, 0.1) is 30.2 Å². The molecule has 0 amide bonds. The van der Waals surface area contributed by atoms with Crippen molar-refractivity contribution in [2.24, 2.45) is 0 Å². The van der Waals surface area contributed by atoms with Crippen LogP contribution in [0.3, 0.4) is 0 Å². The molecule has 2 aliphatic rings. The number of nitrogens with one attached hydrogen (secondary N) is 1. The molecule has 1 N–H and O–H groups in total. The molecule has 7 nitrogen and oxygen atoms in total. The van der Waals surface area contributed by atoms with E-state index in [1.807, 2.05) is 0 Å². The summed E-state index contributed by atoms with van der Waals surface area (Å²) in [6.07, 6.45) is 5.26. The first-order chi connectivity index (χ1) is 12.6. The van der Waals surface area contributed by atoms with Gasteiger partial charge in [0, 0.05) is 24.4 Å². The first kappa shape index (κ1) is 16.6. The minimum Gasteiger partial charge on any atom is -0.377 e. The lowest BCUT2D eigenvalue weighted by atomic mass is 9.94. The molecule has 0 aromatic carbocycles. The highest BCUT2D eigenvalue weighted by Gasteiger charge is 2.30. The largest absolute Gasteiger partial charge is 0.377 e. The Morgan fingerprint density at radius 1 is 1.42 bits per heavy atom. The van der Waals surface area contributed by atoms with E-state index < -0.39 is 0 Å². The SMILES string of the molecule is CC1(C)Cc2c(sc3ncn4nc(CNCC5CCCO5)nc4c23)CO1. The van der Waals surface area contributed by atoms with Gasteiger partial charge in [-0.2, -0.15) is 0 Å². The van der Waals surface area contributed by atoms with Gasteiger partial charge in [0.25, 0.3) is 0 Å². The fourth-order valence-corrected chi connectivity index (χ4v) is 4.88. The summed E-state index contributed by atoms with van der Waals surface area (Å²) in [6.45, 7) is 7.30. The van der Waals surface area contributed by atoms with Gasteiger partial charge < -0.3 is 14.8 Å². The highest BCUT2D eigenvalue weighted by Crippen LogP contribution is 2.39. The topological polar surface area (TPSA) is 73.6 Å². The fraction of sp³-hybridized carbons (Fsp3) is 0.611. The number of aromatic nitrogens is 4. The molecule has 8 heteroatoms. The van der Waals surface area contributed by atoms with Crippen LogP contribution in [0.4, 0.5) is 0 Å². The lowest BCUT2D eigenvalue weighted by Crippen LogP contribution is -2.31. The van der Waals surface area contributed by atoms with Gasteiger partial charge in [0.15, 0.2) is 11.5 Å². The van der Waals surface area contributed by atoms with Crippen molar-refractivity contribution in [2.45, 2.75) is 58.0 Å². The summed E-state index contributed by atoms with van der Waals surface area (Å²) in [5, 5.41) is 9.17. The number of rotatable bonds is 4. The second-order valence-electron chi connectivity index (χ2n) is 7.72. The standard InChI is InChI=1S/C18H23N5O2S/c1-18(2)6-12-13(9-25-18)26-17-15(12)16-21-14(22-23(16)10-20-17)8-19-7-11-4-3-5-24-11/h10-11,19H,3-9H2,1-2H3. The Labute approximate surface area is 155 Å². The Bertz CT molecular complexity index is 957. The minimum absolute atomic E-state index is 0.153. The average Bonchev–Trinajstić information content (AvgIpc) is 3.31. The number of hydrogen-bond donors (Lipinski definition) is 1. The summed E-state index contributed by atoms with van der Waals surface area (Å²) < 4.78 is 13.4. The Kier molecular flexibility index (Phi) is 3.97. The molecule has 3 aromatic heterocycles. The summed E-state index contributed by atoms with van der Waals surface area (Å²) in [5.41, 5.74) is 2.07. The Morgan fingerprint density at radius 3 is 3.19 bits per heavy atom.